The highest BCUT2D eigenvalue weighted by Crippen LogP contribution is 2.32. The number of aryl methyl sites for hydroxylation is 1. The maximum absolute atomic E-state index is 13.7. The molecular formula is C14H18FN3O2S. The first-order chi connectivity index (χ1) is 10.1. The Morgan fingerprint density at radius 3 is 2.67 bits per heavy atom. The van der Waals surface area contributed by atoms with Crippen molar-refractivity contribution in [3.63, 3.8) is 0 Å². The van der Waals surface area contributed by atoms with Crippen LogP contribution in [0.15, 0.2) is 34.2 Å². The van der Waals surface area contributed by atoms with Crippen molar-refractivity contribution in [1.29, 1.82) is 0 Å². The maximum atomic E-state index is 13.7. The molecule has 0 atom stereocenters. The van der Waals surface area contributed by atoms with Gasteiger partial charge in [-0.1, -0.05) is 13.8 Å². The third kappa shape index (κ3) is 4.78. The van der Waals surface area contributed by atoms with E-state index < -0.39 is 11.5 Å². The summed E-state index contributed by atoms with van der Waals surface area (Å²) in [7, 11) is 1.41. The second-order valence-electron chi connectivity index (χ2n) is 3.79. The largest absolute Gasteiger partial charge is 0.492 e. The van der Waals surface area contributed by atoms with Crippen molar-refractivity contribution in [1.82, 2.24) is 9.97 Å². The van der Waals surface area contributed by atoms with Crippen LogP contribution in [-0.2, 0) is 0 Å². The lowest BCUT2D eigenvalue weighted by atomic mass is 10.2. The zero-order valence-electron chi connectivity index (χ0n) is 12.4. The van der Waals surface area contributed by atoms with E-state index in [-0.39, 0.29) is 5.75 Å². The predicted octanol–water partition coefficient (Wildman–Crippen LogP) is 3.37. The van der Waals surface area contributed by atoms with Crippen LogP contribution in [0.4, 0.5) is 10.1 Å². The Kier molecular flexibility index (Phi) is 6.74. The first-order valence-corrected chi connectivity index (χ1v) is 7.23. The molecule has 0 unspecified atom stereocenters. The van der Waals surface area contributed by atoms with Gasteiger partial charge in [0.25, 0.3) is 0 Å². The molecule has 0 bridgehead atoms. The lowest BCUT2D eigenvalue weighted by Crippen LogP contribution is -2.08. The molecule has 2 rings (SSSR count). The molecule has 5 nitrogen and oxygen atoms in total. The third-order valence-electron chi connectivity index (χ3n) is 2.32. The number of benzene rings is 1. The van der Waals surface area contributed by atoms with Crippen molar-refractivity contribution in [2.75, 3.05) is 11.8 Å². The van der Waals surface area contributed by atoms with E-state index >= 15 is 0 Å². The van der Waals surface area contributed by atoms with Gasteiger partial charge in [-0.15, -0.1) is 0 Å². The van der Waals surface area contributed by atoms with Crippen molar-refractivity contribution in [3.8, 4) is 5.75 Å². The van der Waals surface area contributed by atoms with Gasteiger partial charge < -0.3 is 14.4 Å². The third-order valence-corrected chi connectivity index (χ3v) is 3.10. The Hall–Kier alpha value is -2.02. The minimum atomic E-state index is -0.426. The molecule has 0 saturated carbocycles. The predicted molar refractivity (Wildman–Crippen MR) is 83.4 cm³/mol. The first kappa shape index (κ1) is 17.0. The molecule has 21 heavy (non-hydrogen) atoms. The molecule has 0 radical (unpaired) electrons. The van der Waals surface area contributed by atoms with Crippen LogP contribution in [0.5, 0.6) is 5.75 Å². The normalized spacial score (nSPS) is 9.57. The molecule has 2 aromatic rings. The Balaban J connectivity index is 0.00000106. The van der Waals surface area contributed by atoms with E-state index in [9.17, 15) is 9.18 Å². The smallest absolute Gasteiger partial charge is 0.344 e. The van der Waals surface area contributed by atoms with Crippen LogP contribution in [0.25, 0.3) is 0 Å². The highest BCUT2D eigenvalue weighted by atomic mass is 32.2. The van der Waals surface area contributed by atoms with Crippen LogP contribution in [-0.4, -0.2) is 17.1 Å². The molecular weight excluding hydrogens is 293 g/mol. The Morgan fingerprint density at radius 1 is 1.38 bits per heavy atom. The molecule has 0 aliphatic heterocycles. The van der Waals surface area contributed by atoms with Crippen molar-refractivity contribution < 1.29 is 9.13 Å². The first-order valence-electron chi connectivity index (χ1n) is 6.42. The molecule has 0 aliphatic carbocycles. The number of hydrogen-bond acceptors (Lipinski definition) is 5. The highest BCUT2D eigenvalue weighted by Gasteiger charge is 2.10. The highest BCUT2D eigenvalue weighted by molar-refractivity contribution is 8.00. The topological polar surface area (TPSA) is 67.0 Å². The minimum Gasteiger partial charge on any atom is -0.492 e. The van der Waals surface area contributed by atoms with E-state index in [1.807, 2.05) is 13.8 Å². The number of hydrogen-bond donors (Lipinski definition) is 2. The van der Waals surface area contributed by atoms with Gasteiger partial charge in [0.2, 0.25) is 0 Å². The Labute approximate surface area is 127 Å². The number of rotatable bonds is 4. The number of nitrogens with one attached hydrogen (secondary N) is 2. The number of halogens is 1. The maximum Gasteiger partial charge on any atom is 0.344 e. The van der Waals surface area contributed by atoms with Crippen molar-refractivity contribution in [2.45, 2.75) is 25.7 Å². The fourth-order valence-corrected chi connectivity index (χ4v) is 2.11. The lowest BCUT2D eigenvalue weighted by molar-refractivity contribution is 0.388. The second-order valence-corrected chi connectivity index (χ2v) is 4.67. The van der Waals surface area contributed by atoms with Gasteiger partial charge in [-0.25, -0.2) is 14.2 Å². The summed E-state index contributed by atoms with van der Waals surface area (Å²) in [6.45, 7) is 5.79. The number of ether oxygens (including phenoxy) is 1. The Bertz CT molecular complexity index is 626. The van der Waals surface area contributed by atoms with Gasteiger partial charge in [0.05, 0.1) is 17.7 Å². The molecule has 0 saturated heterocycles. The van der Waals surface area contributed by atoms with E-state index in [4.69, 9.17) is 4.74 Å². The van der Waals surface area contributed by atoms with E-state index in [1.165, 1.54) is 37.5 Å². The van der Waals surface area contributed by atoms with Gasteiger partial charge in [-0.2, -0.15) is 0 Å². The minimum absolute atomic E-state index is 0.149. The van der Waals surface area contributed by atoms with Crippen molar-refractivity contribution >= 4 is 17.6 Å². The van der Waals surface area contributed by atoms with Crippen LogP contribution in [0, 0.1) is 12.7 Å². The number of nitrogens with zero attached hydrogens (tertiary/aromatic N) is 1. The summed E-state index contributed by atoms with van der Waals surface area (Å²) in [5.41, 5.74) is 0.890. The number of aromatic nitrogens is 2. The van der Waals surface area contributed by atoms with Gasteiger partial charge in [-0.05, 0) is 36.6 Å². The van der Waals surface area contributed by atoms with Crippen LogP contribution >= 0.6 is 11.9 Å². The molecule has 2 N–H and O–H groups in total. The van der Waals surface area contributed by atoms with Crippen LogP contribution in [0.1, 0.15) is 19.4 Å². The monoisotopic (exact) mass is 311 g/mol. The van der Waals surface area contributed by atoms with Gasteiger partial charge in [0, 0.05) is 12.4 Å². The number of methoxy groups -OCH3 is 1. The summed E-state index contributed by atoms with van der Waals surface area (Å²) in [6.07, 6.45) is 2.95. The summed E-state index contributed by atoms with van der Waals surface area (Å²) in [5.74, 6) is -0.277. The molecule has 0 spiro atoms. The number of aromatic amines is 1. The molecule has 1 aromatic carbocycles. The molecule has 7 heteroatoms. The fraction of sp³-hybridized carbons (Fsp3) is 0.286. The van der Waals surface area contributed by atoms with Crippen LogP contribution < -0.4 is 15.1 Å². The summed E-state index contributed by atoms with van der Waals surface area (Å²) in [4.78, 5) is 17.6. The Morgan fingerprint density at radius 2 is 2.10 bits per heavy atom. The molecule has 114 valence electrons. The molecule has 0 aliphatic rings. The fourth-order valence-electron chi connectivity index (χ4n) is 1.51. The van der Waals surface area contributed by atoms with E-state index in [0.717, 1.165) is 5.56 Å². The van der Waals surface area contributed by atoms with Gasteiger partial charge in [0.15, 0.2) is 11.6 Å². The zero-order chi connectivity index (χ0) is 15.8. The molecule has 0 amide bonds. The number of H-pyrrole nitrogens is 1. The van der Waals surface area contributed by atoms with Crippen molar-refractivity contribution in [3.05, 3.63) is 46.4 Å². The van der Waals surface area contributed by atoms with Crippen molar-refractivity contribution in [2.24, 2.45) is 0 Å². The van der Waals surface area contributed by atoms with Gasteiger partial charge >= 0.3 is 5.69 Å². The van der Waals surface area contributed by atoms with Gasteiger partial charge in [0.1, 0.15) is 0 Å². The zero-order valence-corrected chi connectivity index (χ0v) is 13.2. The lowest BCUT2D eigenvalue weighted by Gasteiger charge is -2.11. The van der Waals surface area contributed by atoms with Crippen LogP contribution in [0.2, 0.25) is 0 Å². The summed E-state index contributed by atoms with van der Waals surface area (Å²) >= 11 is 1.20. The summed E-state index contributed by atoms with van der Waals surface area (Å²) < 4.78 is 21.6. The molecule has 1 heterocycles. The van der Waals surface area contributed by atoms with E-state index in [2.05, 4.69) is 14.7 Å². The van der Waals surface area contributed by atoms with Gasteiger partial charge in [-0.3, -0.25) is 0 Å². The van der Waals surface area contributed by atoms with Crippen LogP contribution in [0.3, 0.4) is 0 Å². The SMILES string of the molecule is CC.COc1c(F)cc(C)cc1NSc1cnc(=O)[nH]c1. The number of anilines is 1. The van der Waals surface area contributed by atoms with E-state index in [0.29, 0.717) is 10.6 Å². The quantitative estimate of drug-likeness (QED) is 0.847. The molecule has 1 aromatic heterocycles. The summed E-state index contributed by atoms with van der Waals surface area (Å²) in [6, 6.07) is 3.17. The standard InChI is InChI=1S/C12H12FN3O2S.C2H6/c1-7-3-9(13)11(18-2)10(4-7)16-19-8-5-14-12(17)15-6-8;1-2/h3-6,16H,1-2H3,(H,14,15,17);1-2H3. The van der Waals surface area contributed by atoms with E-state index in [1.54, 1.807) is 13.0 Å². The summed E-state index contributed by atoms with van der Waals surface area (Å²) in [5, 5.41) is 0. The average Bonchev–Trinajstić information content (AvgIpc) is 2.48. The molecule has 0 fully saturated rings. The second kappa shape index (κ2) is 8.31. The average molecular weight is 311 g/mol.